The van der Waals surface area contributed by atoms with E-state index in [0.717, 1.165) is 22.2 Å². The van der Waals surface area contributed by atoms with Gasteiger partial charge in [-0.05, 0) is 43.3 Å². The molecule has 4 aromatic rings. The summed E-state index contributed by atoms with van der Waals surface area (Å²) in [5, 5.41) is 3.78. The molecule has 0 aliphatic heterocycles. The van der Waals surface area contributed by atoms with Crippen LogP contribution in [0.2, 0.25) is 0 Å². The molecule has 0 aliphatic rings. The third-order valence-corrected chi connectivity index (χ3v) is 4.81. The molecule has 4 rings (SSSR count). The Hall–Kier alpha value is -4.00. The Kier molecular flexibility index (Phi) is 6.03. The molecule has 0 saturated carbocycles. The Labute approximate surface area is 179 Å². The lowest BCUT2D eigenvalue weighted by Crippen LogP contribution is -2.31. The van der Waals surface area contributed by atoms with Gasteiger partial charge in [0.25, 0.3) is 11.5 Å². The van der Waals surface area contributed by atoms with Crippen molar-refractivity contribution in [1.82, 2.24) is 19.9 Å². The molecule has 31 heavy (non-hydrogen) atoms. The lowest BCUT2D eigenvalue weighted by Gasteiger charge is -2.09. The van der Waals surface area contributed by atoms with Crippen LogP contribution in [0.1, 0.15) is 17.4 Å². The van der Waals surface area contributed by atoms with E-state index in [1.54, 1.807) is 6.07 Å². The summed E-state index contributed by atoms with van der Waals surface area (Å²) in [4.78, 5) is 33.6. The lowest BCUT2D eigenvalue weighted by molar-refractivity contribution is 0.0947. The predicted octanol–water partition coefficient (Wildman–Crippen LogP) is 3.29. The molecule has 0 atom stereocenters. The van der Waals surface area contributed by atoms with Crippen molar-refractivity contribution in [2.45, 2.75) is 13.5 Å². The van der Waals surface area contributed by atoms with Gasteiger partial charge in [-0.2, -0.15) is 0 Å². The third-order valence-electron chi connectivity index (χ3n) is 4.81. The van der Waals surface area contributed by atoms with Crippen LogP contribution in [0.25, 0.3) is 22.2 Å². The van der Waals surface area contributed by atoms with E-state index in [9.17, 15) is 9.59 Å². The van der Waals surface area contributed by atoms with Gasteiger partial charge in [0.15, 0.2) is 0 Å². The summed E-state index contributed by atoms with van der Waals surface area (Å²) >= 11 is 0. The fourth-order valence-corrected chi connectivity index (χ4v) is 3.21. The van der Waals surface area contributed by atoms with Crippen LogP contribution in [-0.2, 0) is 6.54 Å². The standard InChI is InChI=1S/C24H22N4O3/c1-2-31-19-10-7-18(8-11-19)22-15-23(29)28(16-26-22)14-13-25-24(30)21-12-9-17-5-3-4-6-20(17)27-21/h3-12,15-16H,2,13-14H2,1H3,(H,25,30). The van der Waals surface area contributed by atoms with Crippen LogP contribution in [0.5, 0.6) is 5.75 Å². The quantitative estimate of drug-likeness (QED) is 0.502. The van der Waals surface area contributed by atoms with Crippen molar-refractivity contribution in [1.29, 1.82) is 0 Å². The summed E-state index contributed by atoms with van der Waals surface area (Å²) in [7, 11) is 0. The van der Waals surface area contributed by atoms with E-state index in [1.807, 2.05) is 61.5 Å². The Morgan fingerprint density at radius 2 is 1.87 bits per heavy atom. The zero-order valence-electron chi connectivity index (χ0n) is 17.1. The van der Waals surface area contributed by atoms with Crippen molar-refractivity contribution < 1.29 is 9.53 Å². The van der Waals surface area contributed by atoms with E-state index >= 15 is 0 Å². The number of ether oxygens (including phenoxy) is 1. The van der Waals surface area contributed by atoms with Gasteiger partial charge < -0.3 is 10.1 Å². The van der Waals surface area contributed by atoms with E-state index in [0.29, 0.717) is 24.5 Å². The van der Waals surface area contributed by atoms with Crippen LogP contribution in [0.15, 0.2) is 77.9 Å². The van der Waals surface area contributed by atoms with Gasteiger partial charge in [-0.15, -0.1) is 0 Å². The Bertz CT molecular complexity index is 1270. The summed E-state index contributed by atoms with van der Waals surface area (Å²) in [6.07, 6.45) is 1.49. The molecule has 0 unspecified atom stereocenters. The van der Waals surface area contributed by atoms with Crippen molar-refractivity contribution >= 4 is 16.8 Å². The largest absolute Gasteiger partial charge is 0.494 e. The number of benzene rings is 2. The van der Waals surface area contributed by atoms with Gasteiger partial charge in [0, 0.05) is 30.1 Å². The number of nitrogens with zero attached hydrogens (tertiary/aromatic N) is 3. The first-order valence-electron chi connectivity index (χ1n) is 10.1. The molecule has 7 nitrogen and oxygen atoms in total. The van der Waals surface area contributed by atoms with Crippen LogP contribution < -0.4 is 15.6 Å². The van der Waals surface area contributed by atoms with Crippen molar-refractivity contribution in [2.75, 3.05) is 13.2 Å². The van der Waals surface area contributed by atoms with Gasteiger partial charge in [0.1, 0.15) is 11.4 Å². The highest BCUT2D eigenvalue weighted by atomic mass is 16.5. The number of fused-ring (bicyclic) bond motifs is 1. The number of hydrogen-bond donors (Lipinski definition) is 1. The second kappa shape index (κ2) is 9.21. The number of carbonyl (C=O) groups is 1. The average Bonchev–Trinajstić information content (AvgIpc) is 2.80. The summed E-state index contributed by atoms with van der Waals surface area (Å²) < 4.78 is 6.90. The first kappa shape index (κ1) is 20.3. The number of pyridine rings is 1. The SMILES string of the molecule is CCOc1ccc(-c2cc(=O)n(CCNC(=O)c3ccc4ccccc4n3)cn2)cc1. The highest BCUT2D eigenvalue weighted by Gasteiger charge is 2.08. The van der Waals surface area contributed by atoms with Gasteiger partial charge in [0.2, 0.25) is 0 Å². The summed E-state index contributed by atoms with van der Waals surface area (Å²) in [5.41, 5.74) is 2.35. The van der Waals surface area contributed by atoms with Crippen LogP contribution in [0.4, 0.5) is 0 Å². The molecule has 1 amide bonds. The van der Waals surface area contributed by atoms with Crippen LogP contribution in [0.3, 0.4) is 0 Å². The van der Waals surface area contributed by atoms with Crippen molar-refractivity contribution in [3.63, 3.8) is 0 Å². The van der Waals surface area contributed by atoms with Crippen molar-refractivity contribution in [3.05, 3.63) is 89.1 Å². The number of aromatic nitrogens is 3. The topological polar surface area (TPSA) is 86.1 Å². The average molecular weight is 414 g/mol. The summed E-state index contributed by atoms with van der Waals surface area (Å²) in [5.74, 6) is 0.494. The molecule has 2 aromatic carbocycles. The fraction of sp³-hybridized carbons (Fsp3) is 0.167. The maximum atomic E-state index is 12.4. The molecule has 2 heterocycles. The van der Waals surface area contributed by atoms with E-state index in [4.69, 9.17) is 4.74 Å². The number of nitrogens with one attached hydrogen (secondary N) is 1. The monoisotopic (exact) mass is 414 g/mol. The molecule has 0 radical (unpaired) electrons. The van der Waals surface area contributed by atoms with Crippen LogP contribution in [0, 0.1) is 0 Å². The Morgan fingerprint density at radius 1 is 1.06 bits per heavy atom. The molecule has 7 heteroatoms. The smallest absolute Gasteiger partial charge is 0.269 e. The number of carbonyl (C=O) groups excluding carboxylic acids is 1. The van der Waals surface area contributed by atoms with Gasteiger partial charge in [-0.1, -0.05) is 24.3 Å². The first-order chi connectivity index (χ1) is 15.1. The number of amides is 1. The second-order valence-corrected chi connectivity index (χ2v) is 6.91. The molecule has 0 aliphatic carbocycles. The number of hydrogen-bond acceptors (Lipinski definition) is 5. The highest BCUT2D eigenvalue weighted by molar-refractivity contribution is 5.94. The van der Waals surface area contributed by atoms with Crippen molar-refractivity contribution in [2.24, 2.45) is 0 Å². The minimum absolute atomic E-state index is 0.183. The minimum atomic E-state index is -0.280. The maximum absolute atomic E-state index is 12.4. The van der Waals surface area contributed by atoms with E-state index in [2.05, 4.69) is 15.3 Å². The molecular weight excluding hydrogens is 392 g/mol. The van der Waals surface area contributed by atoms with Gasteiger partial charge in [0.05, 0.1) is 24.1 Å². The van der Waals surface area contributed by atoms with Gasteiger partial charge in [-0.3, -0.25) is 14.2 Å². The molecule has 0 bridgehead atoms. The normalized spacial score (nSPS) is 10.7. The van der Waals surface area contributed by atoms with E-state index < -0.39 is 0 Å². The lowest BCUT2D eigenvalue weighted by atomic mass is 10.1. The second-order valence-electron chi connectivity index (χ2n) is 6.91. The number of para-hydroxylation sites is 1. The zero-order chi connectivity index (χ0) is 21.6. The Balaban J connectivity index is 1.38. The van der Waals surface area contributed by atoms with Crippen LogP contribution >= 0.6 is 0 Å². The molecule has 1 N–H and O–H groups in total. The van der Waals surface area contributed by atoms with E-state index in [-0.39, 0.29) is 18.0 Å². The zero-order valence-corrected chi connectivity index (χ0v) is 17.1. The predicted molar refractivity (Wildman–Crippen MR) is 119 cm³/mol. The fourth-order valence-electron chi connectivity index (χ4n) is 3.21. The summed E-state index contributed by atoms with van der Waals surface area (Å²) in [6, 6.07) is 20.1. The van der Waals surface area contributed by atoms with Gasteiger partial charge >= 0.3 is 0 Å². The molecule has 156 valence electrons. The maximum Gasteiger partial charge on any atom is 0.269 e. The summed E-state index contributed by atoms with van der Waals surface area (Å²) in [6.45, 7) is 3.13. The molecule has 0 saturated heterocycles. The molecular formula is C24H22N4O3. The first-order valence-corrected chi connectivity index (χ1v) is 10.1. The number of rotatable bonds is 7. The van der Waals surface area contributed by atoms with Gasteiger partial charge in [-0.25, -0.2) is 9.97 Å². The molecule has 0 fully saturated rings. The van der Waals surface area contributed by atoms with Crippen molar-refractivity contribution in [3.8, 4) is 17.0 Å². The minimum Gasteiger partial charge on any atom is -0.494 e. The van der Waals surface area contributed by atoms with Crippen LogP contribution in [-0.4, -0.2) is 33.6 Å². The van der Waals surface area contributed by atoms with E-state index in [1.165, 1.54) is 17.0 Å². The molecule has 2 aromatic heterocycles. The Morgan fingerprint density at radius 3 is 2.65 bits per heavy atom. The highest BCUT2D eigenvalue weighted by Crippen LogP contribution is 2.19. The molecule has 0 spiro atoms. The third kappa shape index (κ3) is 4.78.